The van der Waals surface area contributed by atoms with Gasteiger partial charge >= 0.3 is 5.97 Å². The van der Waals surface area contributed by atoms with Gasteiger partial charge in [0.2, 0.25) is 5.91 Å². The van der Waals surface area contributed by atoms with Gasteiger partial charge < -0.3 is 10.0 Å². The van der Waals surface area contributed by atoms with Crippen LogP contribution in [-0.2, 0) is 14.4 Å². The number of nitrogens with zero attached hydrogens (tertiary/aromatic N) is 1. The van der Waals surface area contributed by atoms with Gasteiger partial charge in [-0.1, -0.05) is 18.7 Å². The summed E-state index contributed by atoms with van der Waals surface area (Å²) in [5, 5.41) is 9.03. The summed E-state index contributed by atoms with van der Waals surface area (Å²) in [5.41, 5.74) is 0. The molecular formula is C11H17NO4S. The summed E-state index contributed by atoms with van der Waals surface area (Å²) in [6, 6.07) is -0.727. The van der Waals surface area contributed by atoms with Crippen LogP contribution < -0.4 is 0 Å². The maximum Gasteiger partial charge on any atom is 0.326 e. The van der Waals surface area contributed by atoms with Crippen molar-refractivity contribution in [1.82, 2.24) is 4.90 Å². The average Bonchev–Trinajstić information content (AvgIpc) is 2.58. The molecule has 2 unspecified atom stereocenters. The lowest BCUT2D eigenvalue weighted by atomic mass is 10.1. The molecule has 5 nitrogen and oxygen atoms in total. The Morgan fingerprint density at radius 2 is 2.24 bits per heavy atom. The van der Waals surface area contributed by atoms with Crippen molar-refractivity contribution in [2.45, 2.75) is 32.7 Å². The molecule has 96 valence electrons. The maximum atomic E-state index is 11.7. The van der Waals surface area contributed by atoms with Crippen LogP contribution in [0.5, 0.6) is 0 Å². The monoisotopic (exact) mass is 259 g/mol. The summed E-state index contributed by atoms with van der Waals surface area (Å²) in [7, 11) is 0. The van der Waals surface area contributed by atoms with E-state index in [9.17, 15) is 14.4 Å². The molecule has 1 aliphatic rings. The Bertz CT molecular complexity index is 331. The molecule has 0 bridgehead atoms. The normalized spacial score (nSPS) is 21.6. The number of carboxylic acids is 1. The first kappa shape index (κ1) is 14.0. The highest BCUT2D eigenvalue weighted by atomic mass is 32.2. The number of carbonyl (C=O) groups excluding carboxylic acids is 2. The fraction of sp³-hybridized carbons (Fsp3) is 0.727. The predicted octanol–water partition coefficient (Wildman–Crippen LogP) is 0.978. The molecule has 1 amide bonds. The van der Waals surface area contributed by atoms with E-state index in [0.717, 1.165) is 0 Å². The Labute approximate surface area is 105 Å². The fourth-order valence-electron chi connectivity index (χ4n) is 1.98. The molecule has 0 spiro atoms. The van der Waals surface area contributed by atoms with Crippen LogP contribution in [-0.4, -0.2) is 45.3 Å². The largest absolute Gasteiger partial charge is 0.480 e. The van der Waals surface area contributed by atoms with E-state index in [-0.39, 0.29) is 16.9 Å². The molecule has 0 aromatic heterocycles. The Morgan fingerprint density at radius 1 is 1.59 bits per heavy atom. The van der Waals surface area contributed by atoms with Gasteiger partial charge in [-0.25, -0.2) is 4.79 Å². The van der Waals surface area contributed by atoms with Gasteiger partial charge in [0, 0.05) is 25.6 Å². The van der Waals surface area contributed by atoms with Crippen LogP contribution in [0.3, 0.4) is 0 Å². The summed E-state index contributed by atoms with van der Waals surface area (Å²) in [4.78, 5) is 34.9. The lowest BCUT2D eigenvalue weighted by Gasteiger charge is -2.23. The van der Waals surface area contributed by atoms with Crippen molar-refractivity contribution < 1.29 is 19.5 Å². The number of carbonyl (C=O) groups is 3. The van der Waals surface area contributed by atoms with Gasteiger partial charge in [-0.05, 0) is 12.3 Å². The van der Waals surface area contributed by atoms with Gasteiger partial charge in [0.15, 0.2) is 5.12 Å². The second-order valence-electron chi connectivity index (χ2n) is 4.18. The van der Waals surface area contributed by atoms with Crippen molar-refractivity contribution in [3.63, 3.8) is 0 Å². The standard InChI is InChI=1S/C11H17NO4S/c1-3-9(11(15)16)12-5-8(4-10(12)14)6-17-7(2)13/h8-9H,3-6H2,1-2H3,(H,15,16). The zero-order valence-corrected chi connectivity index (χ0v) is 10.8. The SMILES string of the molecule is CCC(C(=O)O)N1CC(CSC(C)=O)CC1=O. The maximum absolute atomic E-state index is 11.7. The molecule has 1 N–H and O–H groups in total. The Balaban J connectivity index is 2.57. The predicted molar refractivity (Wildman–Crippen MR) is 64.7 cm³/mol. The minimum atomic E-state index is -0.958. The van der Waals surface area contributed by atoms with E-state index in [1.165, 1.54) is 23.6 Å². The van der Waals surface area contributed by atoms with E-state index in [2.05, 4.69) is 0 Å². The lowest BCUT2D eigenvalue weighted by molar-refractivity contribution is -0.148. The van der Waals surface area contributed by atoms with Crippen molar-refractivity contribution in [1.29, 1.82) is 0 Å². The highest BCUT2D eigenvalue weighted by Gasteiger charge is 2.36. The number of amides is 1. The molecule has 0 aromatic rings. The first-order valence-electron chi connectivity index (χ1n) is 5.61. The molecule has 1 aliphatic heterocycles. The summed E-state index contributed by atoms with van der Waals surface area (Å²) in [6.07, 6.45) is 0.762. The first-order valence-corrected chi connectivity index (χ1v) is 6.59. The fourth-order valence-corrected chi connectivity index (χ4v) is 2.68. The molecule has 1 heterocycles. The van der Waals surface area contributed by atoms with Crippen molar-refractivity contribution in [2.24, 2.45) is 5.92 Å². The van der Waals surface area contributed by atoms with Crippen molar-refractivity contribution in [2.75, 3.05) is 12.3 Å². The van der Waals surface area contributed by atoms with E-state index < -0.39 is 12.0 Å². The third kappa shape index (κ3) is 3.73. The quantitative estimate of drug-likeness (QED) is 0.796. The van der Waals surface area contributed by atoms with Crippen LogP contribution in [0.15, 0.2) is 0 Å². The molecule has 0 radical (unpaired) electrons. The Kier molecular flexibility index (Phi) is 4.99. The van der Waals surface area contributed by atoms with Crippen LogP contribution in [0.1, 0.15) is 26.7 Å². The van der Waals surface area contributed by atoms with Gasteiger partial charge in [-0.3, -0.25) is 9.59 Å². The van der Waals surface area contributed by atoms with E-state index >= 15 is 0 Å². The molecule has 1 rings (SSSR count). The summed E-state index contributed by atoms with van der Waals surface area (Å²) >= 11 is 1.20. The number of thioether (sulfide) groups is 1. The number of carboxylic acid groups (broad SMARTS) is 1. The zero-order chi connectivity index (χ0) is 13.0. The van der Waals surface area contributed by atoms with Gasteiger partial charge in [0.05, 0.1) is 0 Å². The van der Waals surface area contributed by atoms with Crippen molar-refractivity contribution in [3.05, 3.63) is 0 Å². The van der Waals surface area contributed by atoms with Gasteiger partial charge in [0.1, 0.15) is 6.04 Å². The molecule has 1 saturated heterocycles. The molecule has 1 fully saturated rings. The topological polar surface area (TPSA) is 74.7 Å². The smallest absolute Gasteiger partial charge is 0.326 e. The van der Waals surface area contributed by atoms with Crippen LogP contribution in [0, 0.1) is 5.92 Å². The molecule has 0 aliphatic carbocycles. The second-order valence-corrected chi connectivity index (χ2v) is 5.38. The molecule has 0 aromatic carbocycles. The number of likely N-dealkylation sites (tertiary alicyclic amines) is 1. The highest BCUT2D eigenvalue weighted by Crippen LogP contribution is 2.24. The van der Waals surface area contributed by atoms with E-state index in [1.807, 2.05) is 0 Å². The zero-order valence-electron chi connectivity index (χ0n) is 10.0. The second kappa shape index (κ2) is 6.05. The first-order chi connectivity index (χ1) is 7.95. The molecule has 0 saturated carbocycles. The minimum Gasteiger partial charge on any atom is -0.480 e. The highest BCUT2D eigenvalue weighted by molar-refractivity contribution is 8.13. The Hall–Kier alpha value is -1.04. The minimum absolute atomic E-state index is 0.0289. The average molecular weight is 259 g/mol. The number of aliphatic carboxylic acids is 1. The molecule has 6 heteroatoms. The lowest BCUT2D eigenvalue weighted by Crippen LogP contribution is -2.41. The van der Waals surface area contributed by atoms with E-state index in [4.69, 9.17) is 5.11 Å². The number of hydrogen-bond donors (Lipinski definition) is 1. The van der Waals surface area contributed by atoms with Crippen LogP contribution in [0.25, 0.3) is 0 Å². The van der Waals surface area contributed by atoms with Crippen LogP contribution in [0.2, 0.25) is 0 Å². The summed E-state index contributed by atoms with van der Waals surface area (Å²) in [5.74, 6) is -0.396. The molecule has 17 heavy (non-hydrogen) atoms. The van der Waals surface area contributed by atoms with E-state index in [0.29, 0.717) is 25.1 Å². The Morgan fingerprint density at radius 3 is 2.71 bits per heavy atom. The van der Waals surface area contributed by atoms with Gasteiger partial charge in [0.25, 0.3) is 0 Å². The van der Waals surface area contributed by atoms with Crippen molar-refractivity contribution in [3.8, 4) is 0 Å². The number of rotatable bonds is 5. The van der Waals surface area contributed by atoms with Gasteiger partial charge in [-0.15, -0.1) is 0 Å². The molecule has 2 atom stereocenters. The number of hydrogen-bond acceptors (Lipinski definition) is 4. The van der Waals surface area contributed by atoms with Gasteiger partial charge in [-0.2, -0.15) is 0 Å². The summed E-state index contributed by atoms with van der Waals surface area (Å²) < 4.78 is 0. The van der Waals surface area contributed by atoms with Crippen LogP contribution >= 0.6 is 11.8 Å². The third-order valence-corrected chi connectivity index (χ3v) is 3.85. The molecular weight excluding hydrogens is 242 g/mol. The summed E-state index contributed by atoms with van der Waals surface area (Å²) in [6.45, 7) is 3.69. The third-order valence-electron chi connectivity index (χ3n) is 2.81. The van der Waals surface area contributed by atoms with Crippen LogP contribution in [0.4, 0.5) is 0 Å². The van der Waals surface area contributed by atoms with Crippen molar-refractivity contribution >= 4 is 28.8 Å². The van der Waals surface area contributed by atoms with E-state index in [1.54, 1.807) is 6.92 Å².